The SMILES string of the molecule is CCCC1CCCC(Nc2cncc(C)c2)CC1. The molecule has 2 heteroatoms. The highest BCUT2D eigenvalue weighted by molar-refractivity contribution is 5.43. The van der Waals surface area contributed by atoms with Gasteiger partial charge in [0.05, 0.1) is 5.69 Å². The van der Waals surface area contributed by atoms with E-state index in [1.54, 1.807) is 0 Å². The summed E-state index contributed by atoms with van der Waals surface area (Å²) in [6, 6.07) is 2.84. The number of hydrogen-bond acceptors (Lipinski definition) is 2. The predicted molar refractivity (Wildman–Crippen MR) is 77.9 cm³/mol. The number of rotatable bonds is 4. The molecule has 2 atom stereocenters. The van der Waals surface area contributed by atoms with Crippen LogP contribution in [0, 0.1) is 12.8 Å². The molecule has 2 unspecified atom stereocenters. The fraction of sp³-hybridized carbons (Fsp3) is 0.688. The topological polar surface area (TPSA) is 24.9 Å². The molecule has 1 fully saturated rings. The molecule has 1 aliphatic carbocycles. The predicted octanol–water partition coefficient (Wildman–Crippen LogP) is 4.55. The number of pyridine rings is 1. The molecular weight excluding hydrogens is 220 g/mol. The van der Waals surface area contributed by atoms with E-state index in [-0.39, 0.29) is 0 Å². The lowest BCUT2D eigenvalue weighted by Crippen LogP contribution is -2.18. The van der Waals surface area contributed by atoms with E-state index in [9.17, 15) is 0 Å². The van der Waals surface area contributed by atoms with Gasteiger partial charge in [-0.2, -0.15) is 0 Å². The summed E-state index contributed by atoms with van der Waals surface area (Å²) >= 11 is 0. The molecule has 100 valence electrons. The summed E-state index contributed by atoms with van der Waals surface area (Å²) in [7, 11) is 0. The molecule has 1 aliphatic rings. The zero-order chi connectivity index (χ0) is 12.8. The van der Waals surface area contributed by atoms with Crippen molar-refractivity contribution in [2.24, 2.45) is 5.92 Å². The van der Waals surface area contributed by atoms with Crippen LogP contribution in [-0.4, -0.2) is 11.0 Å². The highest BCUT2D eigenvalue weighted by Crippen LogP contribution is 2.28. The molecule has 2 nitrogen and oxygen atoms in total. The van der Waals surface area contributed by atoms with Crippen LogP contribution in [0.25, 0.3) is 0 Å². The van der Waals surface area contributed by atoms with E-state index in [2.05, 4.69) is 30.2 Å². The third-order valence-electron chi connectivity index (χ3n) is 4.03. The number of nitrogens with zero attached hydrogens (tertiary/aromatic N) is 1. The van der Waals surface area contributed by atoms with E-state index in [4.69, 9.17) is 0 Å². The van der Waals surface area contributed by atoms with Gasteiger partial charge in [-0.3, -0.25) is 4.98 Å². The minimum Gasteiger partial charge on any atom is -0.381 e. The lowest BCUT2D eigenvalue weighted by molar-refractivity contribution is 0.422. The summed E-state index contributed by atoms with van der Waals surface area (Å²) in [5, 5.41) is 3.66. The highest BCUT2D eigenvalue weighted by atomic mass is 14.9. The van der Waals surface area contributed by atoms with Crippen molar-refractivity contribution in [1.29, 1.82) is 0 Å². The average Bonchev–Trinajstić information content (AvgIpc) is 2.56. The van der Waals surface area contributed by atoms with Gasteiger partial charge < -0.3 is 5.32 Å². The lowest BCUT2D eigenvalue weighted by Gasteiger charge is -2.18. The van der Waals surface area contributed by atoms with Gasteiger partial charge in [-0.25, -0.2) is 0 Å². The van der Waals surface area contributed by atoms with Crippen molar-refractivity contribution in [3.8, 4) is 0 Å². The fourth-order valence-corrected chi connectivity index (χ4v) is 3.09. The Morgan fingerprint density at radius 3 is 2.89 bits per heavy atom. The largest absolute Gasteiger partial charge is 0.381 e. The van der Waals surface area contributed by atoms with Gasteiger partial charge in [0.25, 0.3) is 0 Å². The van der Waals surface area contributed by atoms with E-state index in [0.29, 0.717) is 6.04 Å². The molecule has 1 heterocycles. The maximum Gasteiger partial charge on any atom is 0.0531 e. The first kappa shape index (κ1) is 13.4. The van der Waals surface area contributed by atoms with Crippen molar-refractivity contribution < 1.29 is 0 Å². The van der Waals surface area contributed by atoms with Crippen LogP contribution in [-0.2, 0) is 0 Å². The Balaban J connectivity index is 1.87. The van der Waals surface area contributed by atoms with Crippen LogP contribution in [0.2, 0.25) is 0 Å². The maximum atomic E-state index is 4.26. The van der Waals surface area contributed by atoms with Gasteiger partial charge in [0, 0.05) is 18.4 Å². The van der Waals surface area contributed by atoms with Gasteiger partial charge in [0.1, 0.15) is 0 Å². The standard InChI is InChI=1S/C16H26N2/c1-3-5-14-6-4-7-15(9-8-14)18-16-10-13(2)11-17-12-16/h10-12,14-15,18H,3-9H2,1-2H3. The van der Waals surface area contributed by atoms with Gasteiger partial charge in [-0.05, 0) is 43.7 Å². The summed E-state index contributed by atoms with van der Waals surface area (Å²) < 4.78 is 0. The smallest absolute Gasteiger partial charge is 0.0531 e. The molecule has 1 aromatic rings. The molecule has 0 radical (unpaired) electrons. The average molecular weight is 246 g/mol. The third kappa shape index (κ3) is 4.01. The molecule has 0 amide bonds. The minimum atomic E-state index is 0.649. The van der Waals surface area contributed by atoms with Crippen molar-refractivity contribution in [2.75, 3.05) is 5.32 Å². The second-order valence-electron chi connectivity index (χ2n) is 5.76. The molecule has 18 heavy (non-hydrogen) atoms. The van der Waals surface area contributed by atoms with E-state index < -0.39 is 0 Å². The van der Waals surface area contributed by atoms with Crippen molar-refractivity contribution in [3.63, 3.8) is 0 Å². The molecule has 1 saturated carbocycles. The van der Waals surface area contributed by atoms with Crippen LogP contribution < -0.4 is 5.32 Å². The summed E-state index contributed by atoms with van der Waals surface area (Å²) in [6.45, 7) is 4.40. The van der Waals surface area contributed by atoms with Crippen LogP contribution >= 0.6 is 0 Å². The monoisotopic (exact) mass is 246 g/mol. The number of anilines is 1. The number of aryl methyl sites for hydroxylation is 1. The Bertz CT molecular complexity index is 362. The van der Waals surface area contributed by atoms with E-state index in [0.717, 1.165) is 5.92 Å². The van der Waals surface area contributed by atoms with Gasteiger partial charge in [0.2, 0.25) is 0 Å². The summed E-state index contributed by atoms with van der Waals surface area (Å²) in [5.74, 6) is 0.970. The first-order valence-electron chi connectivity index (χ1n) is 7.46. The molecule has 2 rings (SSSR count). The minimum absolute atomic E-state index is 0.649. The molecule has 0 saturated heterocycles. The quantitative estimate of drug-likeness (QED) is 0.788. The number of hydrogen-bond donors (Lipinski definition) is 1. The Morgan fingerprint density at radius 2 is 2.11 bits per heavy atom. The van der Waals surface area contributed by atoms with Gasteiger partial charge in [0.15, 0.2) is 0 Å². The van der Waals surface area contributed by atoms with E-state index in [1.165, 1.54) is 56.2 Å². The van der Waals surface area contributed by atoms with Crippen LogP contribution in [0.3, 0.4) is 0 Å². The van der Waals surface area contributed by atoms with Crippen molar-refractivity contribution in [3.05, 3.63) is 24.0 Å². The molecular formula is C16H26N2. The molecule has 0 aliphatic heterocycles. The maximum absolute atomic E-state index is 4.26. The Morgan fingerprint density at radius 1 is 1.22 bits per heavy atom. The van der Waals surface area contributed by atoms with E-state index >= 15 is 0 Å². The van der Waals surface area contributed by atoms with Crippen molar-refractivity contribution >= 4 is 5.69 Å². The van der Waals surface area contributed by atoms with Crippen LogP contribution in [0.4, 0.5) is 5.69 Å². The van der Waals surface area contributed by atoms with Crippen molar-refractivity contribution in [1.82, 2.24) is 4.98 Å². The Kier molecular flexibility index (Phi) is 5.03. The zero-order valence-corrected chi connectivity index (χ0v) is 11.8. The summed E-state index contributed by atoms with van der Waals surface area (Å²) in [6.07, 6.45) is 13.4. The fourth-order valence-electron chi connectivity index (χ4n) is 3.09. The van der Waals surface area contributed by atoms with Crippen LogP contribution in [0.5, 0.6) is 0 Å². The zero-order valence-electron chi connectivity index (χ0n) is 11.8. The second-order valence-corrected chi connectivity index (χ2v) is 5.76. The molecule has 1 N–H and O–H groups in total. The Hall–Kier alpha value is -1.05. The highest BCUT2D eigenvalue weighted by Gasteiger charge is 2.18. The van der Waals surface area contributed by atoms with Crippen molar-refractivity contribution in [2.45, 2.75) is 64.8 Å². The second kappa shape index (κ2) is 6.77. The first-order chi connectivity index (χ1) is 8.78. The number of nitrogens with one attached hydrogen (secondary N) is 1. The van der Waals surface area contributed by atoms with Gasteiger partial charge in [-0.1, -0.05) is 32.6 Å². The van der Waals surface area contributed by atoms with E-state index in [1.807, 2.05) is 12.4 Å². The van der Waals surface area contributed by atoms with Gasteiger partial charge in [-0.15, -0.1) is 0 Å². The number of aromatic nitrogens is 1. The third-order valence-corrected chi connectivity index (χ3v) is 4.03. The lowest BCUT2D eigenvalue weighted by atomic mass is 9.95. The summed E-state index contributed by atoms with van der Waals surface area (Å²) in [4.78, 5) is 4.26. The van der Waals surface area contributed by atoms with Gasteiger partial charge >= 0.3 is 0 Å². The molecule has 0 bridgehead atoms. The molecule has 1 aromatic heterocycles. The first-order valence-corrected chi connectivity index (χ1v) is 7.46. The molecule has 0 spiro atoms. The molecule has 0 aromatic carbocycles. The Labute approximate surface area is 111 Å². The van der Waals surface area contributed by atoms with Crippen LogP contribution in [0.15, 0.2) is 18.5 Å². The summed E-state index contributed by atoms with van der Waals surface area (Å²) in [5.41, 5.74) is 2.42. The van der Waals surface area contributed by atoms with Crippen LogP contribution in [0.1, 0.15) is 57.4 Å². The normalized spacial score (nSPS) is 24.6.